The van der Waals surface area contributed by atoms with Crippen LogP contribution in [0.4, 0.5) is 0 Å². The van der Waals surface area contributed by atoms with Crippen LogP contribution in [0.5, 0.6) is 0 Å². The number of aryl methyl sites for hydroxylation is 3. The molecule has 0 aromatic heterocycles. The van der Waals surface area contributed by atoms with Crippen molar-refractivity contribution in [2.45, 2.75) is 32.0 Å². The van der Waals surface area contributed by atoms with Crippen molar-refractivity contribution < 1.29 is 0 Å². The van der Waals surface area contributed by atoms with Crippen LogP contribution in [0.15, 0.2) is 42.5 Å². The van der Waals surface area contributed by atoms with Crippen molar-refractivity contribution in [1.82, 2.24) is 0 Å². The molecular weight excluding hydrogens is 284 g/mol. The van der Waals surface area contributed by atoms with Gasteiger partial charge in [-0.05, 0) is 42.5 Å². The Kier molecular flexibility index (Phi) is 4.23. The standard InChI is InChI=1S/C17H19Br/c1-4-14-7-5-6-8-16(14)17(18)15-10-9-12(2)11-13(15)3/h5-11,17H,4H2,1-3H3. The van der Waals surface area contributed by atoms with Crippen LogP contribution >= 0.6 is 15.9 Å². The number of hydrogen-bond donors (Lipinski definition) is 0. The summed E-state index contributed by atoms with van der Waals surface area (Å²) in [6.45, 7) is 6.53. The minimum absolute atomic E-state index is 0.286. The summed E-state index contributed by atoms with van der Waals surface area (Å²) in [4.78, 5) is 0.286. The van der Waals surface area contributed by atoms with Gasteiger partial charge in [0.25, 0.3) is 0 Å². The maximum absolute atomic E-state index is 3.86. The Hall–Kier alpha value is -1.08. The topological polar surface area (TPSA) is 0 Å². The van der Waals surface area contributed by atoms with Gasteiger partial charge in [-0.1, -0.05) is 70.9 Å². The first-order valence-corrected chi connectivity index (χ1v) is 7.34. The number of rotatable bonds is 3. The van der Waals surface area contributed by atoms with E-state index in [1.807, 2.05) is 0 Å². The molecule has 18 heavy (non-hydrogen) atoms. The highest BCUT2D eigenvalue weighted by Crippen LogP contribution is 2.35. The van der Waals surface area contributed by atoms with Crippen LogP contribution in [0.3, 0.4) is 0 Å². The smallest absolute Gasteiger partial charge is 0.0649 e. The zero-order valence-electron chi connectivity index (χ0n) is 11.2. The monoisotopic (exact) mass is 302 g/mol. The average Bonchev–Trinajstić information content (AvgIpc) is 2.38. The number of alkyl halides is 1. The molecule has 0 nitrogen and oxygen atoms in total. The molecule has 0 N–H and O–H groups in total. The molecule has 0 fully saturated rings. The van der Waals surface area contributed by atoms with Crippen molar-refractivity contribution in [3.05, 3.63) is 70.3 Å². The van der Waals surface area contributed by atoms with Crippen LogP contribution in [-0.4, -0.2) is 0 Å². The van der Waals surface area contributed by atoms with E-state index in [1.54, 1.807) is 0 Å². The second-order valence-electron chi connectivity index (χ2n) is 4.77. The fraction of sp³-hybridized carbons (Fsp3) is 0.294. The predicted molar refractivity (Wildman–Crippen MR) is 82.5 cm³/mol. The van der Waals surface area contributed by atoms with Crippen molar-refractivity contribution in [1.29, 1.82) is 0 Å². The van der Waals surface area contributed by atoms with Crippen LogP contribution in [0, 0.1) is 13.8 Å². The summed E-state index contributed by atoms with van der Waals surface area (Å²) in [7, 11) is 0. The lowest BCUT2D eigenvalue weighted by Gasteiger charge is -2.17. The molecule has 0 bridgehead atoms. The third-order valence-corrected chi connectivity index (χ3v) is 4.39. The summed E-state index contributed by atoms with van der Waals surface area (Å²) in [5, 5.41) is 0. The molecule has 94 valence electrons. The Bertz CT molecular complexity index is 543. The molecule has 2 aromatic rings. The highest BCUT2D eigenvalue weighted by Gasteiger charge is 2.15. The molecule has 0 aliphatic rings. The van der Waals surface area contributed by atoms with Gasteiger partial charge < -0.3 is 0 Å². The molecular formula is C17H19Br. The Morgan fingerprint density at radius 1 is 1.00 bits per heavy atom. The Labute approximate surface area is 118 Å². The van der Waals surface area contributed by atoms with E-state index in [0.29, 0.717) is 0 Å². The second-order valence-corrected chi connectivity index (χ2v) is 5.69. The van der Waals surface area contributed by atoms with Crippen molar-refractivity contribution in [2.75, 3.05) is 0 Å². The molecule has 0 aliphatic carbocycles. The third kappa shape index (κ3) is 2.67. The van der Waals surface area contributed by atoms with Crippen LogP contribution in [0.2, 0.25) is 0 Å². The van der Waals surface area contributed by atoms with E-state index >= 15 is 0 Å². The Balaban J connectivity index is 2.44. The van der Waals surface area contributed by atoms with Crippen molar-refractivity contribution in [3.8, 4) is 0 Å². The predicted octanol–water partition coefficient (Wildman–Crippen LogP) is 5.35. The Morgan fingerprint density at radius 3 is 2.39 bits per heavy atom. The summed E-state index contributed by atoms with van der Waals surface area (Å²) in [6.07, 6.45) is 1.07. The first-order chi connectivity index (χ1) is 8.63. The van der Waals surface area contributed by atoms with E-state index in [1.165, 1.54) is 27.8 Å². The van der Waals surface area contributed by atoms with Gasteiger partial charge in [-0.3, -0.25) is 0 Å². The minimum Gasteiger partial charge on any atom is -0.0786 e. The van der Waals surface area contributed by atoms with Gasteiger partial charge in [-0.15, -0.1) is 0 Å². The van der Waals surface area contributed by atoms with E-state index in [-0.39, 0.29) is 4.83 Å². The lowest BCUT2D eigenvalue weighted by molar-refractivity contribution is 1.04. The normalized spacial score (nSPS) is 12.4. The van der Waals surface area contributed by atoms with E-state index < -0.39 is 0 Å². The van der Waals surface area contributed by atoms with E-state index in [0.717, 1.165) is 6.42 Å². The summed E-state index contributed by atoms with van der Waals surface area (Å²) < 4.78 is 0. The van der Waals surface area contributed by atoms with Crippen molar-refractivity contribution >= 4 is 15.9 Å². The van der Waals surface area contributed by atoms with Crippen molar-refractivity contribution in [3.63, 3.8) is 0 Å². The van der Waals surface area contributed by atoms with Crippen LogP contribution < -0.4 is 0 Å². The summed E-state index contributed by atoms with van der Waals surface area (Å²) in [5.74, 6) is 0. The quantitative estimate of drug-likeness (QED) is 0.670. The first-order valence-electron chi connectivity index (χ1n) is 6.42. The molecule has 2 rings (SSSR count). The lowest BCUT2D eigenvalue weighted by Crippen LogP contribution is -2.00. The highest BCUT2D eigenvalue weighted by atomic mass is 79.9. The maximum atomic E-state index is 3.86. The van der Waals surface area contributed by atoms with Crippen LogP contribution in [0.25, 0.3) is 0 Å². The zero-order valence-corrected chi connectivity index (χ0v) is 12.8. The van der Waals surface area contributed by atoms with E-state index in [2.05, 4.69) is 79.2 Å². The third-order valence-electron chi connectivity index (χ3n) is 3.41. The molecule has 2 aromatic carbocycles. The second kappa shape index (κ2) is 5.71. The van der Waals surface area contributed by atoms with Gasteiger partial charge in [0, 0.05) is 0 Å². The first kappa shape index (κ1) is 13.4. The Morgan fingerprint density at radius 2 is 1.72 bits per heavy atom. The summed E-state index contributed by atoms with van der Waals surface area (Å²) >= 11 is 3.86. The average molecular weight is 303 g/mol. The molecule has 1 atom stereocenters. The molecule has 0 heterocycles. The SMILES string of the molecule is CCc1ccccc1C(Br)c1ccc(C)cc1C. The van der Waals surface area contributed by atoms with Gasteiger partial charge in [0.15, 0.2) is 0 Å². The fourth-order valence-corrected chi connectivity index (χ4v) is 3.34. The molecule has 0 radical (unpaired) electrons. The molecule has 1 unspecified atom stereocenters. The highest BCUT2D eigenvalue weighted by molar-refractivity contribution is 9.09. The van der Waals surface area contributed by atoms with Gasteiger partial charge in [-0.2, -0.15) is 0 Å². The van der Waals surface area contributed by atoms with Gasteiger partial charge in [0.05, 0.1) is 4.83 Å². The van der Waals surface area contributed by atoms with E-state index in [9.17, 15) is 0 Å². The fourth-order valence-electron chi connectivity index (χ4n) is 2.38. The van der Waals surface area contributed by atoms with Crippen LogP contribution in [-0.2, 0) is 6.42 Å². The molecule has 0 saturated carbocycles. The number of hydrogen-bond acceptors (Lipinski definition) is 0. The zero-order chi connectivity index (χ0) is 13.1. The molecule has 0 spiro atoms. The van der Waals surface area contributed by atoms with Gasteiger partial charge >= 0.3 is 0 Å². The summed E-state index contributed by atoms with van der Waals surface area (Å²) in [5.41, 5.74) is 6.83. The number of halogens is 1. The van der Waals surface area contributed by atoms with Crippen molar-refractivity contribution in [2.24, 2.45) is 0 Å². The van der Waals surface area contributed by atoms with Gasteiger partial charge in [0.1, 0.15) is 0 Å². The molecule has 0 saturated heterocycles. The summed E-state index contributed by atoms with van der Waals surface area (Å²) in [6, 6.07) is 15.3. The molecule has 0 amide bonds. The van der Waals surface area contributed by atoms with E-state index in [4.69, 9.17) is 0 Å². The van der Waals surface area contributed by atoms with Crippen LogP contribution in [0.1, 0.15) is 39.6 Å². The molecule has 1 heteroatoms. The maximum Gasteiger partial charge on any atom is 0.0649 e. The minimum atomic E-state index is 0.286. The van der Waals surface area contributed by atoms with Gasteiger partial charge in [0.2, 0.25) is 0 Å². The van der Waals surface area contributed by atoms with Gasteiger partial charge in [-0.25, -0.2) is 0 Å². The lowest BCUT2D eigenvalue weighted by atomic mass is 9.95. The molecule has 0 aliphatic heterocycles. The largest absolute Gasteiger partial charge is 0.0786 e. The number of benzene rings is 2.